The Morgan fingerprint density at radius 3 is 2.86 bits per heavy atom. The van der Waals surface area contributed by atoms with Crippen LogP contribution in [0.5, 0.6) is 0 Å². The summed E-state index contributed by atoms with van der Waals surface area (Å²) in [7, 11) is 0. The molecule has 1 amide bonds. The Hall–Kier alpha value is -1.10. The molecule has 1 heterocycles. The van der Waals surface area contributed by atoms with Crippen LogP contribution in [0.3, 0.4) is 0 Å². The van der Waals surface area contributed by atoms with Crippen molar-refractivity contribution in [1.82, 2.24) is 10.6 Å². The van der Waals surface area contributed by atoms with Crippen molar-refractivity contribution in [2.75, 3.05) is 13.1 Å². The molecule has 1 aliphatic heterocycles. The Morgan fingerprint density at radius 1 is 1.43 bits per heavy atom. The summed E-state index contributed by atoms with van der Waals surface area (Å²) >= 11 is 0. The van der Waals surface area contributed by atoms with Crippen LogP contribution >= 0.6 is 12.4 Å². The van der Waals surface area contributed by atoms with Gasteiger partial charge in [0.05, 0.1) is 6.10 Å². The minimum atomic E-state index is -0.474. The number of nitrogens with one attached hydrogen (secondary N) is 2. The third-order valence-electron chi connectivity index (χ3n) is 3.63. The number of amides is 1. The minimum absolute atomic E-state index is 0. The highest BCUT2D eigenvalue weighted by molar-refractivity contribution is 5.85. The molecule has 1 aromatic carbocycles. The molecule has 0 saturated heterocycles. The van der Waals surface area contributed by atoms with Crippen molar-refractivity contribution in [2.24, 2.45) is 5.92 Å². The molecule has 1 aliphatic rings. The van der Waals surface area contributed by atoms with Gasteiger partial charge >= 0.3 is 0 Å². The van der Waals surface area contributed by atoms with Gasteiger partial charge in [-0.2, -0.15) is 0 Å². The third kappa shape index (κ3) is 4.99. The summed E-state index contributed by atoms with van der Waals surface area (Å²) in [6.07, 6.45) is 1.18. The number of benzene rings is 1. The van der Waals surface area contributed by atoms with E-state index in [0.717, 1.165) is 18.5 Å². The molecule has 0 bridgehead atoms. The predicted octanol–water partition coefficient (Wildman–Crippen LogP) is 1.82. The number of rotatable bonds is 5. The first-order chi connectivity index (χ1) is 9.58. The Labute approximate surface area is 132 Å². The predicted molar refractivity (Wildman–Crippen MR) is 86.6 cm³/mol. The van der Waals surface area contributed by atoms with E-state index in [1.165, 1.54) is 5.56 Å². The molecule has 2 unspecified atom stereocenters. The summed E-state index contributed by atoms with van der Waals surface area (Å²) in [6.45, 7) is 5.25. The molecule has 0 spiro atoms. The van der Waals surface area contributed by atoms with Crippen LogP contribution in [-0.2, 0) is 11.2 Å². The minimum Gasteiger partial charge on any atom is -0.391 e. The van der Waals surface area contributed by atoms with Gasteiger partial charge in [-0.3, -0.25) is 4.79 Å². The summed E-state index contributed by atoms with van der Waals surface area (Å²) in [5, 5.41) is 15.9. The van der Waals surface area contributed by atoms with Gasteiger partial charge in [0.15, 0.2) is 0 Å². The highest BCUT2D eigenvalue weighted by Gasteiger charge is 2.25. The molecule has 0 radical (unpaired) electrons. The number of halogens is 1. The van der Waals surface area contributed by atoms with Gasteiger partial charge in [-0.15, -0.1) is 12.4 Å². The molecular weight excluding hydrogens is 288 g/mol. The maximum Gasteiger partial charge on any atom is 0.241 e. The number of hydrogen-bond acceptors (Lipinski definition) is 3. The molecular formula is C16H25ClN2O2. The van der Waals surface area contributed by atoms with Crippen LogP contribution in [-0.4, -0.2) is 30.2 Å². The molecule has 4 nitrogen and oxygen atoms in total. The Kier molecular flexibility index (Phi) is 7.15. The van der Waals surface area contributed by atoms with E-state index in [1.54, 1.807) is 0 Å². The maximum absolute atomic E-state index is 12.3. The van der Waals surface area contributed by atoms with Crippen molar-refractivity contribution in [3.05, 3.63) is 35.4 Å². The summed E-state index contributed by atoms with van der Waals surface area (Å²) in [5.41, 5.74) is 2.28. The fourth-order valence-corrected chi connectivity index (χ4v) is 2.69. The van der Waals surface area contributed by atoms with Gasteiger partial charge in [-0.05, 0) is 29.9 Å². The van der Waals surface area contributed by atoms with Gasteiger partial charge < -0.3 is 15.7 Å². The number of fused-ring (bicyclic) bond motifs is 1. The second kappa shape index (κ2) is 8.37. The molecule has 0 aromatic heterocycles. The monoisotopic (exact) mass is 312 g/mol. The zero-order valence-corrected chi connectivity index (χ0v) is 13.5. The van der Waals surface area contributed by atoms with Gasteiger partial charge in [-0.1, -0.05) is 38.1 Å². The average Bonchev–Trinajstić information content (AvgIpc) is 2.43. The molecule has 118 valence electrons. The average molecular weight is 313 g/mol. The molecule has 5 heteroatoms. The van der Waals surface area contributed by atoms with Crippen LogP contribution in [0.1, 0.15) is 37.4 Å². The Balaban J connectivity index is 0.00000220. The normalized spacial score (nSPS) is 18.6. The van der Waals surface area contributed by atoms with Crippen LogP contribution in [0.15, 0.2) is 24.3 Å². The number of aliphatic hydroxyl groups excluding tert-OH is 1. The van der Waals surface area contributed by atoms with E-state index < -0.39 is 6.10 Å². The van der Waals surface area contributed by atoms with Crippen molar-refractivity contribution in [3.63, 3.8) is 0 Å². The Bertz CT molecular complexity index is 465. The molecule has 0 saturated carbocycles. The lowest BCUT2D eigenvalue weighted by Gasteiger charge is -2.26. The lowest BCUT2D eigenvalue weighted by atomic mass is 9.94. The topological polar surface area (TPSA) is 61.4 Å². The van der Waals surface area contributed by atoms with Crippen LogP contribution in [0.4, 0.5) is 0 Å². The smallest absolute Gasteiger partial charge is 0.241 e. The number of carbonyl (C=O) groups excluding carboxylic acids is 1. The standard InChI is InChI=1S/C16H24N2O2.ClH/c1-11(2)9-13(19)10-18-16(20)15-14-6-4-3-5-12(14)7-8-17-15;/h3-6,11,13,15,17,19H,7-10H2,1-2H3,(H,18,20);1H. The molecule has 2 atom stereocenters. The second-order valence-electron chi connectivity index (χ2n) is 5.86. The quantitative estimate of drug-likeness (QED) is 0.777. The highest BCUT2D eigenvalue weighted by Crippen LogP contribution is 2.22. The van der Waals surface area contributed by atoms with Crippen LogP contribution < -0.4 is 10.6 Å². The zero-order chi connectivity index (χ0) is 14.5. The van der Waals surface area contributed by atoms with Crippen molar-refractivity contribution in [3.8, 4) is 0 Å². The van der Waals surface area contributed by atoms with Crippen LogP contribution in [0, 0.1) is 5.92 Å². The van der Waals surface area contributed by atoms with Crippen molar-refractivity contribution in [2.45, 2.75) is 38.8 Å². The van der Waals surface area contributed by atoms with Crippen LogP contribution in [0.2, 0.25) is 0 Å². The maximum atomic E-state index is 12.3. The molecule has 0 fully saturated rings. The first kappa shape index (κ1) is 18.0. The highest BCUT2D eigenvalue weighted by atomic mass is 35.5. The van der Waals surface area contributed by atoms with Gasteiger partial charge in [-0.25, -0.2) is 0 Å². The van der Waals surface area contributed by atoms with E-state index in [1.807, 2.05) is 18.2 Å². The first-order valence-corrected chi connectivity index (χ1v) is 7.35. The third-order valence-corrected chi connectivity index (χ3v) is 3.63. The number of hydrogen-bond donors (Lipinski definition) is 3. The number of aliphatic hydroxyl groups is 1. The summed E-state index contributed by atoms with van der Waals surface area (Å²) in [6, 6.07) is 7.73. The molecule has 1 aromatic rings. The first-order valence-electron chi connectivity index (χ1n) is 7.35. The molecule has 21 heavy (non-hydrogen) atoms. The van der Waals surface area contributed by atoms with Gasteiger partial charge in [0.2, 0.25) is 5.91 Å². The fourth-order valence-electron chi connectivity index (χ4n) is 2.69. The molecule has 2 rings (SSSR count). The van der Waals surface area contributed by atoms with Gasteiger partial charge in [0, 0.05) is 13.1 Å². The van der Waals surface area contributed by atoms with Crippen LogP contribution in [0.25, 0.3) is 0 Å². The van der Waals surface area contributed by atoms with Gasteiger partial charge in [0.1, 0.15) is 6.04 Å². The zero-order valence-electron chi connectivity index (χ0n) is 12.6. The van der Waals surface area contributed by atoms with E-state index in [4.69, 9.17) is 0 Å². The van der Waals surface area contributed by atoms with E-state index in [9.17, 15) is 9.90 Å². The largest absolute Gasteiger partial charge is 0.391 e. The van der Waals surface area contributed by atoms with Crippen molar-refractivity contribution < 1.29 is 9.90 Å². The van der Waals surface area contributed by atoms with Gasteiger partial charge in [0.25, 0.3) is 0 Å². The van der Waals surface area contributed by atoms with E-state index in [-0.39, 0.29) is 24.4 Å². The molecule has 0 aliphatic carbocycles. The fraction of sp³-hybridized carbons (Fsp3) is 0.562. The summed E-state index contributed by atoms with van der Waals surface area (Å²) in [5.74, 6) is 0.371. The number of carbonyl (C=O) groups is 1. The SMILES string of the molecule is CC(C)CC(O)CNC(=O)C1NCCc2ccccc21.Cl. The lowest BCUT2D eigenvalue weighted by molar-refractivity contribution is -0.124. The van der Waals surface area contributed by atoms with E-state index in [2.05, 4.69) is 30.5 Å². The molecule has 3 N–H and O–H groups in total. The van der Waals surface area contributed by atoms with Crippen molar-refractivity contribution in [1.29, 1.82) is 0 Å². The van der Waals surface area contributed by atoms with Crippen molar-refractivity contribution >= 4 is 18.3 Å². The summed E-state index contributed by atoms with van der Waals surface area (Å²) < 4.78 is 0. The van der Waals surface area contributed by atoms with E-state index >= 15 is 0 Å². The lowest BCUT2D eigenvalue weighted by Crippen LogP contribution is -2.43. The summed E-state index contributed by atoms with van der Waals surface area (Å²) in [4.78, 5) is 12.3. The van der Waals surface area contributed by atoms with E-state index in [0.29, 0.717) is 18.9 Å². The Morgan fingerprint density at radius 2 is 2.14 bits per heavy atom. The second-order valence-corrected chi connectivity index (χ2v) is 5.86.